The highest BCUT2D eigenvalue weighted by Crippen LogP contribution is 2.32. The zero-order valence-corrected chi connectivity index (χ0v) is 15.8. The van der Waals surface area contributed by atoms with E-state index in [4.69, 9.17) is 4.74 Å². The molecule has 1 aliphatic carbocycles. The van der Waals surface area contributed by atoms with Gasteiger partial charge in [-0.3, -0.25) is 9.52 Å². The van der Waals surface area contributed by atoms with Crippen LogP contribution >= 0.6 is 0 Å². The van der Waals surface area contributed by atoms with Gasteiger partial charge in [-0.25, -0.2) is 8.42 Å². The fourth-order valence-electron chi connectivity index (χ4n) is 3.14. The molecule has 0 saturated heterocycles. The van der Waals surface area contributed by atoms with Crippen molar-refractivity contribution >= 4 is 27.3 Å². The molecule has 27 heavy (non-hydrogen) atoms. The number of methoxy groups -OCH3 is 1. The highest BCUT2D eigenvalue weighted by molar-refractivity contribution is 7.92. The van der Waals surface area contributed by atoms with E-state index in [1.54, 1.807) is 24.3 Å². The second kappa shape index (κ2) is 7.87. The fourth-order valence-corrected chi connectivity index (χ4v) is 4.23. The molecule has 0 bridgehead atoms. The number of hydrogen-bond donors (Lipinski definition) is 3. The molecule has 0 radical (unpaired) electrons. The van der Waals surface area contributed by atoms with Crippen molar-refractivity contribution in [3.63, 3.8) is 0 Å². The molecule has 8 heteroatoms. The maximum atomic E-state index is 12.7. The second-order valence-electron chi connectivity index (χ2n) is 6.46. The third-order valence-electron chi connectivity index (χ3n) is 4.61. The van der Waals surface area contributed by atoms with Crippen LogP contribution in [0.1, 0.15) is 25.7 Å². The van der Waals surface area contributed by atoms with Crippen LogP contribution in [0, 0.1) is 5.92 Å². The predicted octanol–water partition coefficient (Wildman–Crippen LogP) is 3.33. The van der Waals surface area contributed by atoms with Crippen molar-refractivity contribution in [2.45, 2.75) is 30.6 Å². The van der Waals surface area contributed by atoms with Crippen LogP contribution < -0.4 is 14.8 Å². The average Bonchev–Trinajstić information content (AvgIpc) is 3.18. The summed E-state index contributed by atoms with van der Waals surface area (Å²) in [5.74, 6) is -0.0985. The molecular formula is C19H22N2O5S. The molecule has 0 heterocycles. The van der Waals surface area contributed by atoms with E-state index < -0.39 is 10.0 Å². The molecule has 1 saturated carbocycles. The lowest BCUT2D eigenvalue weighted by molar-refractivity contribution is -0.119. The third-order valence-corrected chi connectivity index (χ3v) is 5.98. The first-order valence-corrected chi connectivity index (χ1v) is 10.2. The first-order chi connectivity index (χ1) is 12.9. The van der Waals surface area contributed by atoms with Gasteiger partial charge in [0, 0.05) is 5.92 Å². The number of hydrogen-bond acceptors (Lipinski definition) is 5. The summed E-state index contributed by atoms with van der Waals surface area (Å²) in [6.45, 7) is 0. The number of nitrogens with one attached hydrogen (secondary N) is 2. The molecule has 1 amide bonds. The van der Waals surface area contributed by atoms with Crippen LogP contribution in [0.5, 0.6) is 11.5 Å². The van der Waals surface area contributed by atoms with E-state index >= 15 is 0 Å². The highest BCUT2D eigenvalue weighted by Gasteiger charge is 2.24. The van der Waals surface area contributed by atoms with E-state index in [1.807, 2.05) is 0 Å². The molecule has 2 aromatic rings. The Hall–Kier alpha value is -2.74. The summed E-state index contributed by atoms with van der Waals surface area (Å²) in [5.41, 5.74) is 0.374. The van der Waals surface area contributed by atoms with Gasteiger partial charge < -0.3 is 15.2 Å². The van der Waals surface area contributed by atoms with Gasteiger partial charge in [0.05, 0.1) is 23.4 Å². The topological polar surface area (TPSA) is 105 Å². The van der Waals surface area contributed by atoms with Crippen LogP contribution in [-0.4, -0.2) is 26.5 Å². The normalized spacial score (nSPS) is 14.7. The standard InChI is InChI=1S/C19H22N2O5S/c1-26-18-9-5-4-8-15(18)21-27(24,25)14-10-11-17(22)16(12-14)20-19(23)13-6-2-3-7-13/h4-5,8-13,21-22H,2-3,6-7H2,1H3,(H,20,23). The molecule has 7 nitrogen and oxygen atoms in total. The van der Waals surface area contributed by atoms with Crippen LogP contribution in [0.2, 0.25) is 0 Å². The number of sulfonamides is 1. The van der Waals surface area contributed by atoms with Gasteiger partial charge in [-0.1, -0.05) is 25.0 Å². The lowest BCUT2D eigenvalue weighted by atomic mass is 10.1. The Morgan fingerprint density at radius 3 is 2.52 bits per heavy atom. The summed E-state index contributed by atoms with van der Waals surface area (Å²) < 4.78 is 33.0. The van der Waals surface area contributed by atoms with Gasteiger partial charge in [-0.2, -0.15) is 0 Å². The molecule has 1 fully saturated rings. The predicted molar refractivity (Wildman–Crippen MR) is 102 cm³/mol. The van der Waals surface area contributed by atoms with E-state index in [-0.39, 0.29) is 28.2 Å². The first-order valence-electron chi connectivity index (χ1n) is 8.70. The summed E-state index contributed by atoms with van der Waals surface area (Å²) in [6.07, 6.45) is 3.61. The smallest absolute Gasteiger partial charge is 0.262 e. The number of anilines is 2. The monoisotopic (exact) mass is 390 g/mol. The van der Waals surface area contributed by atoms with E-state index in [9.17, 15) is 18.3 Å². The van der Waals surface area contributed by atoms with E-state index in [0.717, 1.165) is 25.7 Å². The van der Waals surface area contributed by atoms with Gasteiger partial charge in [0.15, 0.2) is 0 Å². The lowest BCUT2D eigenvalue weighted by Crippen LogP contribution is -2.21. The molecule has 2 aromatic carbocycles. The number of amides is 1. The number of para-hydroxylation sites is 2. The maximum Gasteiger partial charge on any atom is 0.262 e. The van der Waals surface area contributed by atoms with Crippen LogP contribution in [0.15, 0.2) is 47.4 Å². The molecule has 0 aliphatic heterocycles. The Kier molecular flexibility index (Phi) is 5.55. The van der Waals surface area contributed by atoms with Gasteiger partial charge in [0.2, 0.25) is 5.91 Å². The molecule has 3 N–H and O–H groups in total. The fraction of sp³-hybridized carbons (Fsp3) is 0.316. The maximum absolute atomic E-state index is 12.7. The Labute approximate surface area is 158 Å². The molecule has 0 aromatic heterocycles. The van der Waals surface area contributed by atoms with Crippen LogP contribution in [-0.2, 0) is 14.8 Å². The van der Waals surface area contributed by atoms with Crippen LogP contribution in [0.25, 0.3) is 0 Å². The number of rotatable bonds is 6. The minimum atomic E-state index is -3.93. The third kappa shape index (κ3) is 4.33. The van der Waals surface area contributed by atoms with E-state index in [0.29, 0.717) is 11.4 Å². The summed E-state index contributed by atoms with van der Waals surface area (Å²) in [5, 5.41) is 12.7. The quantitative estimate of drug-likeness (QED) is 0.656. The van der Waals surface area contributed by atoms with E-state index in [2.05, 4.69) is 10.0 Å². The first kappa shape index (κ1) is 19.0. The Balaban J connectivity index is 1.84. The molecule has 0 spiro atoms. The number of carbonyl (C=O) groups excluding carboxylic acids is 1. The number of phenolic OH excluding ortho intramolecular Hbond substituents is 1. The zero-order chi connectivity index (χ0) is 19.4. The lowest BCUT2D eigenvalue weighted by Gasteiger charge is -2.14. The van der Waals surface area contributed by atoms with Gasteiger partial charge in [0.25, 0.3) is 10.0 Å². The Bertz CT molecular complexity index is 937. The molecule has 3 rings (SSSR count). The Morgan fingerprint density at radius 1 is 1.11 bits per heavy atom. The second-order valence-corrected chi connectivity index (χ2v) is 8.14. The van der Waals surface area contributed by atoms with Crippen molar-refractivity contribution in [2.75, 3.05) is 17.1 Å². The number of ether oxygens (including phenoxy) is 1. The molecule has 144 valence electrons. The minimum absolute atomic E-state index is 0.0760. The van der Waals surface area contributed by atoms with Gasteiger partial charge >= 0.3 is 0 Å². The molecule has 0 unspecified atom stereocenters. The SMILES string of the molecule is COc1ccccc1NS(=O)(=O)c1ccc(O)c(NC(=O)C2CCCC2)c1. The summed E-state index contributed by atoms with van der Waals surface area (Å²) in [4.78, 5) is 12.2. The molecular weight excluding hydrogens is 368 g/mol. The van der Waals surface area contributed by atoms with Crippen molar-refractivity contribution in [3.05, 3.63) is 42.5 Å². The van der Waals surface area contributed by atoms with Crippen molar-refractivity contribution in [3.8, 4) is 11.5 Å². The van der Waals surface area contributed by atoms with Crippen molar-refractivity contribution < 1.29 is 23.1 Å². The van der Waals surface area contributed by atoms with Crippen molar-refractivity contribution in [1.82, 2.24) is 0 Å². The van der Waals surface area contributed by atoms with Crippen LogP contribution in [0.3, 0.4) is 0 Å². The largest absolute Gasteiger partial charge is 0.506 e. The summed E-state index contributed by atoms with van der Waals surface area (Å²) >= 11 is 0. The number of benzene rings is 2. The molecule has 0 atom stereocenters. The minimum Gasteiger partial charge on any atom is -0.506 e. The number of carbonyl (C=O) groups is 1. The van der Waals surface area contributed by atoms with E-state index in [1.165, 1.54) is 25.3 Å². The van der Waals surface area contributed by atoms with Crippen molar-refractivity contribution in [1.29, 1.82) is 0 Å². The highest BCUT2D eigenvalue weighted by atomic mass is 32.2. The molecule has 1 aliphatic rings. The zero-order valence-electron chi connectivity index (χ0n) is 14.9. The Morgan fingerprint density at radius 2 is 1.81 bits per heavy atom. The average molecular weight is 390 g/mol. The van der Waals surface area contributed by atoms with Gasteiger partial charge in [-0.15, -0.1) is 0 Å². The summed E-state index contributed by atoms with van der Waals surface area (Å²) in [6, 6.07) is 10.4. The summed E-state index contributed by atoms with van der Waals surface area (Å²) in [7, 11) is -2.48. The van der Waals surface area contributed by atoms with Crippen LogP contribution in [0.4, 0.5) is 11.4 Å². The van der Waals surface area contributed by atoms with Gasteiger partial charge in [-0.05, 0) is 43.2 Å². The number of phenols is 1. The number of aromatic hydroxyl groups is 1. The van der Waals surface area contributed by atoms with Crippen molar-refractivity contribution in [2.24, 2.45) is 5.92 Å². The van der Waals surface area contributed by atoms with Gasteiger partial charge in [0.1, 0.15) is 11.5 Å².